The summed E-state index contributed by atoms with van der Waals surface area (Å²) in [6, 6.07) is 0. The first-order chi connectivity index (χ1) is 8.05. The lowest BCUT2D eigenvalue weighted by molar-refractivity contribution is -0.150. The Hall–Kier alpha value is -1.17. The molecule has 1 atom stereocenters. The van der Waals surface area contributed by atoms with Crippen molar-refractivity contribution < 1.29 is 9.53 Å². The SMILES string of the molecule is COC(=O)C1(C)CCN(c2ncc(Br)cn2)C1. The summed E-state index contributed by atoms with van der Waals surface area (Å²) in [6.45, 7) is 3.28. The van der Waals surface area contributed by atoms with E-state index in [2.05, 4.69) is 25.9 Å². The van der Waals surface area contributed by atoms with Crippen LogP contribution in [0.5, 0.6) is 0 Å². The van der Waals surface area contributed by atoms with Crippen LogP contribution in [0.2, 0.25) is 0 Å². The first-order valence-electron chi connectivity index (χ1n) is 5.36. The molecule has 1 fully saturated rings. The molecule has 0 amide bonds. The van der Waals surface area contributed by atoms with Gasteiger partial charge in [-0.2, -0.15) is 0 Å². The van der Waals surface area contributed by atoms with E-state index in [1.165, 1.54) is 7.11 Å². The van der Waals surface area contributed by atoms with E-state index < -0.39 is 5.41 Å². The van der Waals surface area contributed by atoms with Gasteiger partial charge in [0.1, 0.15) is 0 Å². The minimum atomic E-state index is -0.453. The molecule has 1 aliphatic heterocycles. The number of carbonyl (C=O) groups excluding carboxylic acids is 1. The Balaban J connectivity index is 2.12. The summed E-state index contributed by atoms with van der Waals surface area (Å²) in [5.74, 6) is 0.484. The number of hydrogen-bond donors (Lipinski definition) is 0. The van der Waals surface area contributed by atoms with Crippen molar-refractivity contribution in [3.05, 3.63) is 16.9 Å². The molecule has 0 radical (unpaired) electrons. The summed E-state index contributed by atoms with van der Waals surface area (Å²) in [4.78, 5) is 22.1. The van der Waals surface area contributed by atoms with Crippen molar-refractivity contribution in [1.82, 2.24) is 9.97 Å². The fraction of sp³-hybridized carbons (Fsp3) is 0.545. The zero-order chi connectivity index (χ0) is 12.5. The smallest absolute Gasteiger partial charge is 0.313 e. The van der Waals surface area contributed by atoms with E-state index in [-0.39, 0.29) is 5.97 Å². The van der Waals surface area contributed by atoms with Gasteiger partial charge in [0.15, 0.2) is 0 Å². The van der Waals surface area contributed by atoms with Gasteiger partial charge in [0, 0.05) is 25.5 Å². The molecule has 17 heavy (non-hydrogen) atoms. The minimum absolute atomic E-state index is 0.169. The lowest BCUT2D eigenvalue weighted by Crippen LogP contribution is -2.33. The van der Waals surface area contributed by atoms with E-state index in [1.54, 1.807) is 12.4 Å². The van der Waals surface area contributed by atoms with Gasteiger partial charge in [-0.1, -0.05) is 0 Å². The van der Waals surface area contributed by atoms with Crippen LogP contribution in [0, 0.1) is 5.41 Å². The van der Waals surface area contributed by atoms with Gasteiger partial charge in [-0.3, -0.25) is 4.79 Å². The van der Waals surface area contributed by atoms with Gasteiger partial charge >= 0.3 is 5.97 Å². The lowest BCUT2D eigenvalue weighted by Gasteiger charge is -2.21. The molecule has 1 saturated heterocycles. The topological polar surface area (TPSA) is 55.3 Å². The van der Waals surface area contributed by atoms with Gasteiger partial charge in [0.25, 0.3) is 0 Å². The van der Waals surface area contributed by atoms with Crippen LogP contribution in [0.15, 0.2) is 16.9 Å². The van der Waals surface area contributed by atoms with Crippen LogP contribution in [-0.4, -0.2) is 36.1 Å². The van der Waals surface area contributed by atoms with Gasteiger partial charge in [-0.15, -0.1) is 0 Å². The van der Waals surface area contributed by atoms with Crippen molar-refractivity contribution >= 4 is 27.8 Å². The summed E-state index contributed by atoms with van der Waals surface area (Å²) in [5.41, 5.74) is -0.453. The molecule has 0 N–H and O–H groups in total. The number of methoxy groups -OCH3 is 1. The average molecular weight is 300 g/mol. The maximum atomic E-state index is 11.7. The number of ether oxygens (including phenoxy) is 1. The van der Waals surface area contributed by atoms with Crippen molar-refractivity contribution in [3.63, 3.8) is 0 Å². The van der Waals surface area contributed by atoms with Crippen LogP contribution in [0.25, 0.3) is 0 Å². The Labute approximate surface area is 108 Å². The molecule has 1 aliphatic rings. The number of aromatic nitrogens is 2. The molecule has 5 nitrogen and oxygen atoms in total. The van der Waals surface area contributed by atoms with Crippen LogP contribution < -0.4 is 4.90 Å². The van der Waals surface area contributed by atoms with Crippen LogP contribution >= 0.6 is 15.9 Å². The highest BCUT2D eigenvalue weighted by atomic mass is 79.9. The van der Waals surface area contributed by atoms with E-state index in [9.17, 15) is 4.79 Å². The number of esters is 1. The Bertz CT molecular complexity index is 423. The third-order valence-corrected chi connectivity index (χ3v) is 3.45. The van der Waals surface area contributed by atoms with Crippen molar-refractivity contribution in [2.75, 3.05) is 25.1 Å². The second kappa shape index (κ2) is 4.60. The Kier molecular flexibility index (Phi) is 3.33. The third-order valence-electron chi connectivity index (χ3n) is 3.04. The zero-order valence-electron chi connectivity index (χ0n) is 9.81. The molecular formula is C11H14BrN3O2. The predicted molar refractivity (Wildman–Crippen MR) is 66.7 cm³/mol. The first-order valence-corrected chi connectivity index (χ1v) is 6.15. The summed E-state index contributed by atoms with van der Waals surface area (Å²) < 4.78 is 5.67. The summed E-state index contributed by atoms with van der Waals surface area (Å²) in [7, 11) is 1.42. The Morgan fingerprint density at radius 2 is 2.18 bits per heavy atom. The molecule has 0 aromatic carbocycles. The zero-order valence-corrected chi connectivity index (χ0v) is 11.4. The predicted octanol–water partition coefficient (Wildman–Crippen LogP) is 1.63. The monoisotopic (exact) mass is 299 g/mol. The molecule has 2 rings (SSSR count). The van der Waals surface area contributed by atoms with Gasteiger partial charge < -0.3 is 9.64 Å². The van der Waals surface area contributed by atoms with Gasteiger partial charge in [-0.25, -0.2) is 9.97 Å². The Morgan fingerprint density at radius 3 is 2.76 bits per heavy atom. The summed E-state index contributed by atoms with van der Waals surface area (Å²) >= 11 is 3.29. The second-order valence-electron chi connectivity index (χ2n) is 4.43. The molecule has 0 saturated carbocycles. The molecule has 0 aliphatic carbocycles. The van der Waals surface area contributed by atoms with Gasteiger partial charge in [-0.05, 0) is 29.3 Å². The van der Waals surface area contributed by atoms with Crippen LogP contribution in [0.1, 0.15) is 13.3 Å². The second-order valence-corrected chi connectivity index (χ2v) is 5.34. The molecule has 1 aromatic rings. The lowest BCUT2D eigenvalue weighted by atomic mass is 9.90. The highest BCUT2D eigenvalue weighted by Gasteiger charge is 2.42. The Morgan fingerprint density at radius 1 is 1.53 bits per heavy atom. The van der Waals surface area contributed by atoms with Gasteiger partial charge in [0.2, 0.25) is 5.95 Å². The summed E-state index contributed by atoms with van der Waals surface area (Å²) in [5, 5.41) is 0. The number of rotatable bonds is 2. The summed E-state index contributed by atoms with van der Waals surface area (Å²) in [6.07, 6.45) is 4.17. The van der Waals surface area contributed by atoms with Crippen molar-refractivity contribution in [2.24, 2.45) is 5.41 Å². The van der Waals surface area contributed by atoms with Crippen molar-refractivity contribution in [1.29, 1.82) is 0 Å². The maximum absolute atomic E-state index is 11.7. The first kappa shape index (κ1) is 12.3. The molecule has 6 heteroatoms. The number of carbonyl (C=O) groups is 1. The van der Waals surface area contributed by atoms with Crippen molar-refractivity contribution in [2.45, 2.75) is 13.3 Å². The third kappa shape index (κ3) is 2.41. The molecule has 0 bridgehead atoms. The van der Waals surface area contributed by atoms with Crippen LogP contribution in [0.3, 0.4) is 0 Å². The highest BCUT2D eigenvalue weighted by Crippen LogP contribution is 2.32. The average Bonchev–Trinajstić information content (AvgIpc) is 2.73. The minimum Gasteiger partial charge on any atom is -0.469 e. The fourth-order valence-electron chi connectivity index (χ4n) is 2.01. The number of hydrogen-bond acceptors (Lipinski definition) is 5. The number of halogens is 1. The molecule has 0 spiro atoms. The quantitative estimate of drug-likeness (QED) is 0.777. The largest absolute Gasteiger partial charge is 0.469 e. The van der Waals surface area contributed by atoms with E-state index in [0.717, 1.165) is 17.4 Å². The van der Waals surface area contributed by atoms with E-state index in [4.69, 9.17) is 4.74 Å². The molecule has 1 aromatic heterocycles. The van der Waals surface area contributed by atoms with Crippen LogP contribution in [0.4, 0.5) is 5.95 Å². The van der Waals surface area contributed by atoms with Gasteiger partial charge in [0.05, 0.1) is 17.0 Å². The highest BCUT2D eigenvalue weighted by molar-refractivity contribution is 9.10. The molecule has 1 unspecified atom stereocenters. The fourth-order valence-corrected chi connectivity index (χ4v) is 2.22. The number of anilines is 1. The number of nitrogens with zero attached hydrogens (tertiary/aromatic N) is 3. The molecule has 92 valence electrons. The molecule has 2 heterocycles. The van der Waals surface area contributed by atoms with E-state index in [1.807, 2.05) is 11.8 Å². The maximum Gasteiger partial charge on any atom is 0.313 e. The normalized spacial score (nSPS) is 23.8. The standard InChI is InChI=1S/C11H14BrN3O2/c1-11(9(16)17-2)3-4-15(7-11)10-13-5-8(12)6-14-10/h5-6H,3-4,7H2,1-2H3. The van der Waals surface area contributed by atoms with Crippen LogP contribution in [-0.2, 0) is 9.53 Å². The molecular weight excluding hydrogens is 286 g/mol. The van der Waals surface area contributed by atoms with E-state index in [0.29, 0.717) is 12.5 Å². The van der Waals surface area contributed by atoms with E-state index >= 15 is 0 Å². The van der Waals surface area contributed by atoms with Crippen molar-refractivity contribution in [3.8, 4) is 0 Å².